The maximum Gasteiger partial charge on any atom is 0.244 e. The lowest BCUT2D eigenvalue weighted by Gasteiger charge is -2.36. The highest BCUT2D eigenvalue weighted by molar-refractivity contribution is 7.89. The van der Waals surface area contributed by atoms with Gasteiger partial charge in [-0.05, 0) is 25.5 Å². The van der Waals surface area contributed by atoms with E-state index in [1.54, 1.807) is 15.8 Å². The Labute approximate surface area is 118 Å². The summed E-state index contributed by atoms with van der Waals surface area (Å²) in [5.41, 5.74) is 5.55. The van der Waals surface area contributed by atoms with Gasteiger partial charge in [0, 0.05) is 42.5 Å². The van der Waals surface area contributed by atoms with E-state index < -0.39 is 10.0 Å². The Morgan fingerprint density at radius 3 is 2.95 bits per heavy atom. The first-order valence-electron chi connectivity index (χ1n) is 6.63. The smallest absolute Gasteiger partial charge is 0.244 e. The van der Waals surface area contributed by atoms with Gasteiger partial charge in [0.2, 0.25) is 10.0 Å². The molecule has 1 aromatic rings. The number of hydrogen-bond donors (Lipinski definition) is 1. The van der Waals surface area contributed by atoms with E-state index in [9.17, 15) is 8.42 Å². The van der Waals surface area contributed by atoms with Crippen LogP contribution in [0.25, 0.3) is 0 Å². The standard InChI is InChI=1S/C12H19N3O2S2/c13-7-11-6-12(9-18-11)19(16,17)15-5-4-14-3-1-2-10(14)8-15/h6,9-10H,1-5,7-8,13H2. The van der Waals surface area contributed by atoms with Crippen LogP contribution < -0.4 is 5.73 Å². The monoisotopic (exact) mass is 301 g/mol. The fourth-order valence-electron chi connectivity index (χ4n) is 2.93. The fourth-order valence-corrected chi connectivity index (χ4v) is 5.54. The lowest BCUT2D eigenvalue weighted by Crippen LogP contribution is -2.51. The number of fused-ring (bicyclic) bond motifs is 1. The summed E-state index contributed by atoms with van der Waals surface area (Å²) >= 11 is 1.42. The summed E-state index contributed by atoms with van der Waals surface area (Å²) < 4.78 is 26.8. The number of hydrogen-bond acceptors (Lipinski definition) is 5. The second-order valence-corrected chi connectivity index (χ2v) is 8.08. The van der Waals surface area contributed by atoms with Crippen molar-refractivity contribution in [2.75, 3.05) is 26.2 Å². The molecule has 2 aliphatic heterocycles. The van der Waals surface area contributed by atoms with E-state index in [4.69, 9.17) is 5.73 Å². The molecule has 1 atom stereocenters. The molecule has 2 fully saturated rings. The molecule has 0 spiro atoms. The van der Waals surface area contributed by atoms with Crippen LogP contribution in [-0.4, -0.2) is 49.8 Å². The molecule has 19 heavy (non-hydrogen) atoms. The van der Waals surface area contributed by atoms with Gasteiger partial charge in [0.15, 0.2) is 0 Å². The summed E-state index contributed by atoms with van der Waals surface area (Å²) in [6.45, 7) is 3.62. The Morgan fingerprint density at radius 1 is 1.37 bits per heavy atom. The lowest BCUT2D eigenvalue weighted by molar-refractivity contribution is 0.158. The molecule has 3 heterocycles. The van der Waals surface area contributed by atoms with Gasteiger partial charge in [-0.2, -0.15) is 4.31 Å². The predicted octanol–water partition coefficient (Wildman–Crippen LogP) is 0.675. The van der Waals surface area contributed by atoms with Crippen LogP contribution in [0.2, 0.25) is 0 Å². The highest BCUT2D eigenvalue weighted by Gasteiger charge is 2.36. The van der Waals surface area contributed by atoms with Crippen molar-refractivity contribution in [3.05, 3.63) is 16.3 Å². The Bertz CT molecular complexity index is 555. The largest absolute Gasteiger partial charge is 0.326 e. The molecule has 5 nitrogen and oxygen atoms in total. The van der Waals surface area contributed by atoms with Gasteiger partial charge >= 0.3 is 0 Å². The molecule has 0 aromatic carbocycles. The van der Waals surface area contributed by atoms with Crippen molar-refractivity contribution in [1.29, 1.82) is 0 Å². The van der Waals surface area contributed by atoms with E-state index >= 15 is 0 Å². The first-order chi connectivity index (χ1) is 9.11. The normalized spacial score (nSPS) is 25.6. The average molecular weight is 301 g/mol. The highest BCUT2D eigenvalue weighted by Crippen LogP contribution is 2.27. The van der Waals surface area contributed by atoms with Crippen molar-refractivity contribution in [3.63, 3.8) is 0 Å². The van der Waals surface area contributed by atoms with Gasteiger partial charge in [0.1, 0.15) is 0 Å². The number of sulfonamides is 1. The Balaban J connectivity index is 1.80. The Kier molecular flexibility index (Phi) is 3.65. The zero-order valence-electron chi connectivity index (χ0n) is 10.8. The van der Waals surface area contributed by atoms with Crippen molar-refractivity contribution in [2.24, 2.45) is 5.73 Å². The average Bonchev–Trinajstić information content (AvgIpc) is 3.06. The van der Waals surface area contributed by atoms with Gasteiger partial charge in [-0.1, -0.05) is 0 Å². The van der Waals surface area contributed by atoms with Crippen LogP contribution in [0.1, 0.15) is 17.7 Å². The zero-order chi connectivity index (χ0) is 13.5. The molecule has 0 radical (unpaired) electrons. The van der Waals surface area contributed by atoms with Crippen LogP contribution in [0.5, 0.6) is 0 Å². The maximum atomic E-state index is 12.6. The molecule has 2 saturated heterocycles. The van der Waals surface area contributed by atoms with E-state index in [0.717, 1.165) is 24.4 Å². The predicted molar refractivity (Wildman–Crippen MR) is 75.6 cm³/mol. The molecular formula is C12H19N3O2S2. The zero-order valence-corrected chi connectivity index (χ0v) is 12.4. The Morgan fingerprint density at radius 2 is 2.21 bits per heavy atom. The summed E-state index contributed by atoms with van der Waals surface area (Å²) in [6, 6.07) is 2.12. The molecule has 0 aliphatic carbocycles. The number of nitrogens with two attached hydrogens (primary N) is 1. The van der Waals surface area contributed by atoms with Crippen LogP contribution in [0.15, 0.2) is 16.3 Å². The third-order valence-electron chi connectivity index (χ3n) is 4.02. The minimum absolute atomic E-state index is 0.399. The third kappa shape index (κ3) is 2.45. The summed E-state index contributed by atoms with van der Waals surface area (Å²) in [6.07, 6.45) is 2.30. The Hall–Kier alpha value is -0.470. The number of thiophene rings is 1. The number of nitrogens with zero attached hydrogens (tertiary/aromatic N) is 2. The molecule has 106 valence electrons. The molecule has 1 unspecified atom stereocenters. The van der Waals surface area contributed by atoms with E-state index in [1.807, 2.05) is 0 Å². The second kappa shape index (κ2) is 5.14. The lowest BCUT2D eigenvalue weighted by atomic mass is 10.2. The highest BCUT2D eigenvalue weighted by atomic mass is 32.2. The molecule has 2 aliphatic rings. The molecule has 0 saturated carbocycles. The SMILES string of the molecule is NCc1cc(S(=O)(=O)N2CCN3CCCC3C2)cs1. The van der Waals surface area contributed by atoms with Gasteiger partial charge in [0.05, 0.1) is 4.90 Å². The van der Waals surface area contributed by atoms with Crippen LogP contribution in [0.4, 0.5) is 0 Å². The van der Waals surface area contributed by atoms with Crippen LogP contribution in [-0.2, 0) is 16.6 Å². The summed E-state index contributed by atoms with van der Waals surface area (Å²) in [5.74, 6) is 0. The first-order valence-corrected chi connectivity index (χ1v) is 8.95. The molecule has 1 aromatic heterocycles. The minimum atomic E-state index is -3.33. The molecule has 3 rings (SSSR count). The van der Waals surface area contributed by atoms with E-state index in [0.29, 0.717) is 30.6 Å². The van der Waals surface area contributed by atoms with Gasteiger partial charge < -0.3 is 5.73 Å². The molecule has 2 N–H and O–H groups in total. The van der Waals surface area contributed by atoms with Crippen molar-refractivity contribution in [2.45, 2.75) is 30.3 Å². The van der Waals surface area contributed by atoms with Gasteiger partial charge in [0.25, 0.3) is 0 Å². The third-order valence-corrected chi connectivity index (χ3v) is 6.97. The number of rotatable bonds is 3. The summed E-state index contributed by atoms with van der Waals surface area (Å²) in [7, 11) is -3.33. The van der Waals surface area contributed by atoms with E-state index in [-0.39, 0.29) is 0 Å². The van der Waals surface area contributed by atoms with Crippen LogP contribution >= 0.6 is 11.3 Å². The summed E-state index contributed by atoms with van der Waals surface area (Å²) in [5, 5.41) is 1.71. The summed E-state index contributed by atoms with van der Waals surface area (Å²) in [4.78, 5) is 3.73. The molecular weight excluding hydrogens is 282 g/mol. The van der Waals surface area contributed by atoms with Gasteiger partial charge in [-0.15, -0.1) is 11.3 Å². The van der Waals surface area contributed by atoms with Crippen LogP contribution in [0.3, 0.4) is 0 Å². The van der Waals surface area contributed by atoms with Crippen molar-refractivity contribution < 1.29 is 8.42 Å². The molecule has 7 heteroatoms. The minimum Gasteiger partial charge on any atom is -0.326 e. The van der Waals surface area contributed by atoms with Gasteiger partial charge in [-0.25, -0.2) is 8.42 Å². The quantitative estimate of drug-likeness (QED) is 0.891. The van der Waals surface area contributed by atoms with Crippen molar-refractivity contribution in [3.8, 4) is 0 Å². The fraction of sp³-hybridized carbons (Fsp3) is 0.667. The maximum absolute atomic E-state index is 12.6. The topological polar surface area (TPSA) is 66.6 Å². The van der Waals surface area contributed by atoms with E-state index in [2.05, 4.69) is 4.90 Å². The van der Waals surface area contributed by atoms with Crippen LogP contribution in [0, 0.1) is 0 Å². The first kappa shape index (κ1) is 13.5. The van der Waals surface area contributed by atoms with Crippen molar-refractivity contribution in [1.82, 2.24) is 9.21 Å². The molecule has 0 amide bonds. The number of piperazine rings is 1. The molecule has 0 bridgehead atoms. The van der Waals surface area contributed by atoms with Crippen molar-refractivity contribution >= 4 is 21.4 Å². The van der Waals surface area contributed by atoms with Gasteiger partial charge in [-0.3, -0.25) is 4.90 Å². The second-order valence-electron chi connectivity index (χ2n) is 5.15. The van der Waals surface area contributed by atoms with E-state index in [1.165, 1.54) is 17.8 Å².